The van der Waals surface area contributed by atoms with E-state index in [1.165, 1.54) is 0 Å². The van der Waals surface area contributed by atoms with Gasteiger partial charge in [0.1, 0.15) is 5.58 Å². The first-order chi connectivity index (χ1) is 9.06. The highest BCUT2D eigenvalue weighted by molar-refractivity contribution is 5.96. The molecule has 2 aromatic rings. The summed E-state index contributed by atoms with van der Waals surface area (Å²) in [7, 11) is 0. The van der Waals surface area contributed by atoms with Crippen LogP contribution in [0, 0.1) is 5.92 Å². The molecule has 4 nitrogen and oxygen atoms in total. The minimum Gasteiger partial charge on any atom is -0.451 e. The average Bonchev–Trinajstić information content (AvgIpc) is 3.16. The fourth-order valence-corrected chi connectivity index (χ4v) is 2.29. The summed E-state index contributed by atoms with van der Waals surface area (Å²) in [6.45, 7) is 2.02. The number of amides is 1. The Balaban J connectivity index is 1.69. The smallest absolute Gasteiger partial charge is 0.287 e. The van der Waals surface area contributed by atoms with E-state index in [-0.39, 0.29) is 18.2 Å². The van der Waals surface area contributed by atoms with Crippen molar-refractivity contribution in [3.63, 3.8) is 0 Å². The number of nitrogens with one attached hydrogen (secondary N) is 1. The third kappa shape index (κ3) is 2.49. The third-order valence-corrected chi connectivity index (χ3v) is 3.71. The van der Waals surface area contributed by atoms with Gasteiger partial charge in [-0.1, -0.05) is 18.2 Å². The molecular weight excluding hydrogens is 242 g/mol. The van der Waals surface area contributed by atoms with Crippen LogP contribution >= 0.6 is 0 Å². The number of para-hydroxylation sites is 1. The quantitative estimate of drug-likeness (QED) is 0.885. The van der Waals surface area contributed by atoms with E-state index in [0.717, 1.165) is 18.2 Å². The molecule has 4 heteroatoms. The van der Waals surface area contributed by atoms with Crippen molar-refractivity contribution in [2.45, 2.75) is 25.4 Å². The topological polar surface area (TPSA) is 62.5 Å². The van der Waals surface area contributed by atoms with Gasteiger partial charge in [-0.15, -0.1) is 0 Å². The van der Waals surface area contributed by atoms with Gasteiger partial charge in [-0.05, 0) is 37.8 Å². The van der Waals surface area contributed by atoms with Gasteiger partial charge in [-0.3, -0.25) is 4.79 Å². The maximum Gasteiger partial charge on any atom is 0.287 e. The molecule has 1 heterocycles. The highest BCUT2D eigenvalue weighted by atomic mass is 16.3. The zero-order valence-corrected chi connectivity index (χ0v) is 10.8. The molecule has 1 aromatic carbocycles. The van der Waals surface area contributed by atoms with E-state index in [4.69, 9.17) is 4.42 Å². The first-order valence-electron chi connectivity index (χ1n) is 6.55. The van der Waals surface area contributed by atoms with Crippen molar-refractivity contribution in [1.29, 1.82) is 0 Å². The van der Waals surface area contributed by atoms with Crippen LogP contribution in [0.3, 0.4) is 0 Å². The lowest BCUT2D eigenvalue weighted by Gasteiger charge is -2.22. The van der Waals surface area contributed by atoms with Gasteiger partial charge in [0, 0.05) is 11.9 Å². The summed E-state index contributed by atoms with van der Waals surface area (Å²) < 4.78 is 5.48. The largest absolute Gasteiger partial charge is 0.451 e. The lowest BCUT2D eigenvalue weighted by atomic mass is 10.0. The van der Waals surface area contributed by atoms with Crippen LogP contribution in [0.5, 0.6) is 0 Å². The van der Waals surface area contributed by atoms with Crippen molar-refractivity contribution >= 4 is 16.9 Å². The van der Waals surface area contributed by atoms with E-state index < -0.39 is 5.60 Å². The van der Waals surface area contributed by atoms with Gasteiger partial charge < -0.3 is 14.8 Å². The molecule has 2 N–H and O–H groups in total. The number of hydrogen-bond acceptors (Lipinski definition) is 3. The van der Waals surface area contributed by atoms with Crippen LogP contribution in [0.1, 0.15) is 30.3 Å². The van der Waals surface area contributed by atoms with Crippen molar-refractivity contribution in [3.05, 3.63) is 36.1 Å². The number of benzene rings is 1. The molecular formula is C15H17NO3. The normalized spacial score (nSPS) is 18.2. The predicted octanol–water partition coefficient (Wildman–Crippen LogP) is 2.32. The van der Waals surface area contributed by atoms with Gasteiger partial charge in [-0.25, -0.2) is 0 Å². The molecule has 1 aromatic heterocycles. The summed E-state index contributed by atoms with van der Waals surface area (Å²) in [5, 5.41) is 13.8. The van der Waals surface area contributed by atoms with Crippen molar-refractivity contribution in [1.82, 2.24) is 5.32 Å². The second-order valence-corrected chi connectivity index (χ2v) is 5.46. The molecule has 1 saturated carbocycles. The molecule has 0 spiro atoms. The lowest BCUT2D eigenvalue weighted by molar-refractivity contribution is 0.0350. The van der Waals surface area contributed by atoms with Crippen LogP contribution in [0.15, 0.2) is 34.7 Å². The second kappa shape index (κ2) is 4.38. The minimum atomic E-state index is -0.818. The highest BCUT2D eigenvalue weighted by Gasteiger charge is 2.40. The third-order valence-electron chi connectivity index (χ3n) is 3.71. The second-order valence-electron chi connectivity index (χ2n) is 5.46. The van der Waals surface area contributed by atoms with E-state index in [1.54, 1.807) is 13.0 Å². The van der Waals surface area contributed by atoms with Gasteiger partial charge in [0.2, 0.25) is 0 Å². The Morgan fingerprint density at radius 3 is 2.89 bits per heavy atom. The Morgan fingerprint density at radius 1 is 1.47 bits per heavy atom. The summed E-state index contributed by atoms with van der Waals surface area (Å²) in [6, 6.07) is 9.21. The summed E-state index contributed by atoms with van der Waals surface area (Å²) in [5.74, 6) is 0.313. The van der Waals surface area contributed by atoms with Gasteiger partial charge in [-0.2, -0.15) is 0 Å². The zero-order valence-electron chi connectivity index (χ0n) is 10.8. The van der Waals surface area contributed by atoms with E-state index in [0.29, 0.717) is 11.5 Å². The number of fused-ring (bicyclic) bond motifs is 1. The molecule has 1 aliphatic rings. The van der Waals surface area contributed by atoms with E-state index in [2.05, 4.69) is 5.32 Å². The summed E-state index contributed by atoms with van der Waals surface area (Å²) >= 11 is 0. The maximum atomic E-state index is 12.0. The highest BCUT2D eigenvalue weighted by Crippen LogP contribution is 2.39. The van der Waals surface area contributed by atoms with E-state index >= 15 is 0 Å². The number of rotatable bonds is 4. The molecule has 100 valence electrons. The molecule has 0 radical (unpaired) electrons. The van der Waals surface area contributed by atoms with Crippen molar-refractivity contribution in [2.24, 2.45) is 5.92 Å². The van der Waals surface area contributed by atoms with Crippen LogP contribution in [0.2, 0.25) is 0 Å². The van der Waals surface area contributed by atoms with Crippen LogP contribution in [-0.4, -0.2) is 23.2 Å². The van der Waals surface area contributed by atoms with E-state index in [1.807, 2.05) is 24.3 Å². The number of aliphatic hydroxyl groups is 1. The summed E-state index contributed by atoms with van der Waals surface area (Å²) in [5.41, 5.74) is -0.122. The first kappa shape index (κ1) is 12.2. The molecule has 3 rings (SSSR count). The number of furan rings is 1. The number of carbonyl (C=O) groups excluding carboxylic acids is 1. The molecule has 19 heavy (non-hydrogen) atoms. The maximum absolute atomic E-state index is 12.0. The molecule has 1 aliphatic carbocycles. The van der Waals surface area contributed by atoms with Crippen LogP contribution in [0.4, 0.5) is 0 Å². The van der Waals surface area contributed by atoms with Crippen molar-refractivity contribution in [2.75, 3.05) is 6.54 Å². The molecule has 0 saturated heterocycles. The molecule has 0 unspecified atom stereocenters. The molecule has 0 aliphatic heterocycles. The Bertz CT molecular complexity index is 578. The number of hydrogen-bond donors (Lipinski definition) is 2. The van der Waals surface area contributed by atoms with Crippen molar-refractivity contribution < 1.29 is 14.3 Å². The van der Waals surface area contributed by atoms with Gasteiger partial charge in [0.15, 0.2) is 5.76 Å². The lowest BCUT2D eigenvalue weighted by Crippen LogP contribution is -2.42. The molecule has 0 bridgehead atoms. The fourth-order valence-electron chi connectivity index (χ4n) is 2.29. The van der Waals surface area contributed by atoms with Gasteiger partial charge in [0.25, 0.3) is 5.91 Å². The summed E-state index contributed by atoms with van der Waals surface area (Å²) in [4.78, 5) is 12.0. The number of carbonyl (C=O) groups is 1. The van der Waals surface area contributed by atoms with Gasteiger partial charge >= 0.3 is 0 Å². The standard InChI is InChI=1S/C15H17NO3/c1-15(18,11-6-7-11)9-16-14(17)13-8-10-4-2-3-5-12(10)19-13/h2-5,8,11,18H,6-7,9H2,1H3,(H,16,17)/t15-/m0/s1. The molecule has 1 atom stereocenters. The van der Waals surface area contributed by atoms with Gasteiger partial charge in [0.05, 0.1) is 5.60 Å². The predicted molar refractivity (Wildman–Crippen MR) is 71.9 cm³/mol. The monoisotopic (exact) mass is 259 g/mol. The Labute approximate surface area is 111 Å². The Hall–Kier alpha value is -1.81. The minimum absolute atomic E-state index is 0.257. The molecule has 1 fully saturated rings. The Kier molecular flexibility index (Phi) is 2.82. The zero-order chi connectivity index (χ0) is 13.5. The summed E-state index contributed by atoms with van der Waals surface area (Å²) in [6.07, 6.45) is 2.07. The fraction of sp³-hybridized carbons (Fsp3) is 0.400. The van der Waals surface area contributed by atoms with E-state index in [9.17, 15) is 9.90 Å². The van der Waals surface area contributed by atoms with Crippen LogP contribution in [-0.2, 0) is 0 Å². The van der Waals surface area contributed by atoms with Crippen molar-refractivity contribution in [3.8, 4) is 0 Å². The van der Waals surface area contributed by atoms with Crippen LogP contribution < -0.4 is 5.32 Å². The van der Waals surface area contributed by atoms with Crippen LogP contribution in [0.25, 0.3) is 11.0 Å². The Morgan fingerprint density at radius 2 is 2.21 bits per heavy atom. The molecule has 1 amide bonds. The first-order valence-corrected chi connectivity index (χ1v) is 6.55. The SMILES string of the molecule is C[C@](O)(CNC(=O)c1cc2ccccc2o1)C1CC1. The average molecular weight is 259 g/mol.